The largest absolute Gasteiger partial charge is 0.497 e. The molecule has 1 heterocycles. The summed E-state index contributed by atoms with van der Waals surface area (Å²) in [6.45, 7) is 4.41. The number of rotatable bonds is 6. The van der Waals surface area contributed by atoms with Gasteiger partial charge in [0.15, 0.2) is 0 Å². The summed E-state index contributed by atoms with van der Waals surface area (Å²) in [6, 6.07) is 5.94. The quantitative estimate of drug-likeness (QED) is 0.727. The highest BCUT2D eigenvalue weighted by molar-refractivity contribution is 5.40. The Morgan fingerprint density at radius 2 is 2.06 bits per heavy atom. The molecule has 3 heteroatoms. The van der Waals surface area contributed by atoms with Crippen LogP contribution in [0, 0.1) is 5.92 Å². The van der Waals surface area contributed by atoms with Gasteiger partial charge in [-0.25, -0.2) is 0 Å². The van der Waals surface area contributed by atoms with Gasteiger partial charge < -0.3 is 14.2 Å². The van der Waals surface area contributed by atoms with Crippen molar-refractivity contribution in [3.63, 3.8) is 0 Å². The van der Waals surface area contributed by atoms with Crippen molar-refractivity contribution in [2.75, 3.05) is 14.2 Å². The molecule has 0 N–H and O–H groups in total. The minimum absolute atomic E-state index is 0.408. The van der Waals surface area contributed by atoms with Gasteiger partial charge in [0.25, 0.3) is 0 Å². The molecule has 3 atom stereocenters. The van der Waals surface area contributed by atoms with Gasteiger partial charge in [0, 0.05) is 0 Å². The van der Waals surface area contributed by atoms with Crippen molar-refractivity contribution >= 4 is 0 Å². The molecule has 0 aromatic heterocycles. The molecule has 0 saturated carbocycles. The first kappa shape index (κ1) is 13.2. The lowest BCUT2D eigenvalue weighted by Crippen LogP contribution is -2.10. The van der Waals surface area contributed by atoms with Crippen molar-refractivity contribution in [2.24, 2.45) is 5.92 Å². The SMILES string of the molecule is CCC1OC1C(C)Cc1cc(OC)ccc1OC. The van der Waals surface area contributed by atoms with Crippen LogP contribution < -0.4 is 9.47 Å². The first-order valence-electron chi connectivity index (χ1n) is 6.56. The highest BCUT2D eigenvalue weighted by Gasteiger charge is 2.41. The van der Waals surface area contributed by atoms with E-state index in [1.165, 1.54) is 5.56 Å². The van der Waals surface area contributed by atoms with Crippen LogP contribution in [0.2, 0.25) is 0 Å². The molecule has 1 aliphatic heterocycles. The first-order chi connectivity index (χ1) is 8.69. The van der Waals surface area contributed by atoms with E-state index < -0.39 is 0 Å². The van der Waals surface area contributed by atoms with Gasteiger partial charge in [-0.3, -0.25) is 0 Å². The summed E-state index contributed by atoms with van der Waals surface area (Å²) in [5.41, 5.74) is 1.19. The van der Waals surface area contributed by atoms with Gasteiger partial charge in [-0.05, 0) is 42.5 Å². The zero-order valence-electron chi connectivity index (χ0n) is 11.6. The van der Waals surface area contributed by atoms with Gasteiger partial charge in [-0.15, -0.1) is 0 Å². The third-order valence-electron chi connectivity index (χ3n) is 3.61. The molecule has 0 amide bonds. The number of benzene rings is 1. The Morgan fingerprint density at radius 3 is 2.61 bits per heavy atom. The van der Waals surface area contributed by atoms with Gasteiger partial charge in [0.05, 0.1) is 26.4 Å². The molecule has 1 aromatic carbocycles. The van der Waals surface area contributed by atoms with E-state index in [1.807, 2.05) is 12.1 Å². The maximum atomic E-state index is 5.66. The molecule has 1 aliphatic rings. The van der Waals surface area contributed by atoms with Crippen LogP contribution in [-0.2, 0) is 11.2 Å². The number of methoxy groups -OCH3 is 2. The van der Waals surface area contributed by atoms with Crippen molar-refractivity contribution in [3.05, 3.63) is 23.8 Å². The predicted molar refractivity (Wildman–Crippen MR) is 71.4 cm³/mol. The van der Waals surface area contributed by atoms with Crippen molar-refractivity contribution in [1.82, 2.24) is 0 Å². The number of ether oxygens (including phenoxy) is 3. The molecule has 2 rings (SSSR count). The van der Waals surface area contributed by atoms with Crippen molar-refractivity contribution in [1.29, 1.82) is 0 Å². The van der Waals surface area contributed by atoms with E-state index in [-0.39, 0.29) is 0 Å². The Morgan fingerprint density at radius 1 is 1.28 bits per heavy atom. The second kappa shape index (κ2) is 5.61. The maximum Gasteiger partial charge on any atom is 0.122 e. The normalized spacial score (nSPS) is 23.6. The van der Waals surface area contributed by atoms with Crippen molar-refractivity contribution in [3.8, 4) is 11.5 Å². The van der Waals surface area contributed by atoms with Gasteiger partial charge in [0.1, 0.15) is 11.5 Å². The van der Waals surface area contributed by atoms with Crippen LogP contribution in [0.3, 0.4) is 0 Å². The van der Waals surface area contributed by atoms with Crippen LogP contribution in [0.1, 0.15) is 25.8 Å². The van der Waals surface area contributed by atoms with E-state index in [1.54, 1.807) is 14.2 Å². The Bertz CT molecular complexity index is 403. The van der Waals surface area contributed by atoms with E-state index in [4.69, 9.17) is 14.2 Å². The zero-order valence-corrected chi connectivity index (χ0v) is 11.6. The summed E-state index contributed by atoms with van der Waals surface area (Å²) in [4.78, 5) is 0. The molecule has 1 fully saturated rings. The fraction of sp³-hybridized carbons (Fsp3) is 0.600. The highest BCUT2D eigenvalue weighted by Crippen LogP contribution is 2.35. The standard InChI is InChI=1S/C15H22O3/c1-5-13-15(18-13)10(2)8-11-9-12(16-3)6-7-14(11)17-4/h6-7,9-10,13,15H,5,8H2,1-4H3. The monoisotopic (exact) mass is 250 g/mol. The molecule has 0 aliphatic carbocycles. The lowest BCUT2D eigenvalue weighted by atomic mass is 9.95. The number of epoxide rings is 1. The molecule has 1 aromatic rings. The fourth-order valence-corrected chi connectivity index (χ4v) is 2.49. The van der Waals surface area contributed by atoms with E-state index in [0.29, 0.717) is 18.1 Å². The van der Waals surface area contributed by atoms with E-state index in [2.05, 4.69) is 19.9 Å². The minimum atomic E-state index is 0.408. The smallest absolute Gasteiger partial charge is 0.122 e. The Labute approximate surface area is 109 Å². The number of hydrogen-bond donors (Lipinski definition) is 0. The molecular weight excluding hydrogens is 228 g/mol. The lowest BCUT2D eigenvalue weighted by molar-refractivity contribution is 0.320. The maximum absolute atomic E-state index is 5.66. The van der Waals surface area contributed by atoms with Crippen LogP contribution in [-0.4, -0.2) is 26.4 Å². The van der Waals surface area contributed by atoms with E-state index >= 15 is 0 Å². The van der Waals surface area contributed by atoms with Crippen LogP contribution in [0.5, 0.6) is 11.5 Å². The third-order valence-corrected chi connectivity index (χ3v) is 3.61. The number of hydrogen-bond acceptors (Lipinski definition) is 3. The zero-order chi connectivity index (χ0) is 13.1. The van der Waals surface area contributed by atoms with Gasteiger partial charge >= 0.3 is 0 Å². The van der Waals surface area contributed by atoms with Gasteiger partial charge in [-0.2, -0.15) is 0 Å². The Balaban J connectivity index is 2.07. The molecule has 0 radical (unpaired) electrons. The summed E-state index contributed by atoms with van der Waals surface area (Å²) < 4.78 is 16.3. The second-order valence-corrected chi connectivity index (χ2v) is 4.91. The fourth-order valence-electron chi connectivity index (χ4n) is 2.49. The van der Waals surface area contributed by atoms with E-state index in [9.17, 15) is 0 Å². The van der Waals surface area contributed by atoms with Crippen LogP contribution in [0.4, 0.5) is 0 Å². The second-order valence-electron chi connectivity index (χ2n) is 4.91. The van der Waals surface area contributed by atoms with Crippen LogP contribution >= 0.6 is 0 Å². The summed E-state index contributed by atoms with van der Waals surface area (Å²) in [6.07, 6.45) is 2.92. The summed E-state index contributed by atoms with van der Waals surface area (Å²) in [7, 11) is 3.39. The molecule has 3 unspecified atom stereocenters. The highest BCUT2D eigenvalue weighted by atomic mass is 16.6. The summed E-state index contributed by atoms with van der Waals surface area (Å²) >= 11 is 0. The molecule has 0 bridgehead atoms. The molecule has 1 saturated heterocycles. The lowest BCUT2D eigenvalue weighted by Gasteiger charge is -2.13. The minimum Gasteiger partial charge on any atom is -0.497 e. The average Bonchev–Trinajstić information content (AvgIpc) is 3.18. The van der Waals surface area contributed by atoms with Crippen LogP contribution in [0.25, 0.3) is 0 Å². The van der Waals surface area contributed by atoms with Gasteiger partial charge in [0.2, 0.25) is 0 Å². The third kappa shape index (κ3) is 2.78. The molecular formula is C15H22O3. The summed E-state index contributed by atoms with van der Waals surface area (Å²) in [5, 5.41) is 0. The molecule has 100 valence electrons. The topological polar surface area (TPSA) is 31.0 Å². The Hall–Kier alpha value is -1.22. The molecule has 3 nitrogen and oxygen atoms in total. The van der Waals surface area contributed by atoms with Crippen LogP contribution in [0.15, 0.2) is 18.2 Å². The molecule has 0 spiro atoms. The molecule has 18 heavy (non-hydrogen) atoms. The Kier molecular flexibility index (Phi) is 4.12. The van der Waals surface area contributed by atoms with Gasteiger partial charge in [-0.1, -0.05) is 13.8 Å². The first-order valence-corrected chi connectivity index (χ1v) is 6.56. The van der Waals surface area contributed by atoms with Crippen molar-refractivity contribution < 1.29 is 14.2 Å². The van der Waals surface area contributed by atoms with E-state index in [0.717, 1.165) is 24.3 Å². The van der Waals surface area contributed by atoms with Crippen molar-refractivity contribution in [2.45, 2.75) is 38.9 Å². The average molecular weight is 250 g/mol. The predicted octanol–water partition coefficient (Wildman–Crippen LogP) is 3.06. The summed E-state index contributed by atoms with van der Waals surface area (Å²) in [5.74, 6) is 2.31.